The predicted octanol–water partition coefficient (Wildman–Crippen LogP) is 1.56. The molecule has 0 aromatic carbocycles. The summed E-state index contributed by atoms with van der Waals surface area (Å²) < 4.78 is 1.80. The van der Waals surface area contributed by atoms with Crippen molar-refractivity contribution in [3.05, 3.63) is 30.2 Å². The van der Waals surface area contributed by atoms with E-state index in [-0.39, 0.29) is 5.91 Å². The highest BCUT2D eigenvalue weighted by atomic mass is 16.6. The van der Waals surface area contributed by atoms with Crippen LogP contribution in [0.4, 0.5) is 0 Å². The molecule has 1 unspecified atom stereocenters. The highest BCUT2D eigenvalue weighted by Gasteiger charge is 2.33. The molecule has 2 aromatic heterocycles. The SMILES string of the molecule is CC(C)C1=NOC(C(=O)N2CCCN(Cc3cnn4cccnc34)CC2)C1. The number of nitrogens with zero attached hydrogens (tertiary/aromatic N) is 6. The Kier molecular flexibility index (Phi) is 5.07. The van der Waals surface area contributed by atoms with E-state index in [1.807, 2.05) is 23.4 Å². The van der Waals surface area contributed by atoms with Crippen LogP contribution in [0.2, 0.25) is 0 Å². The highest BCUT2D eigenvalue weighted by Crippen LogP contribution is 2.19. The van der Waals surface area contributed by atoms with Crippen LogP contribution in [-0.2, 0) is 16.2 Å². The molecule has 0 aliphatic carbocycles. The van der Waals surface area contributed by atoms with Crippen LogP contribution in [0.25, 0.3) is 5.65 Å². The molecule has 0 saturated carbocycles. The Balaban J connectivity index is 1.35. The minimum absolute atomic E-state index is 0.0638. The lowest BCUT2D eigenvalue weighted by molar-refractivity contribution is -0.141. The number of rotatable bonds is 4. The topological polar surface area (TPSA) is 75.3 Å². The van der Waals surface area contributed by atoms with E-state index in [0.29, 0.717) is 18.9 Å². The minimum atomic E-state index is -0.447. The number of hydrogen-bond donors (Lipinski definition) is 0. The van der Waals surface area contributed by atoms with Crippen molar-refractivity contribution < 1.29 is 9.63 Å². The maximum atomic E-state index is 12.8. The van der Waals surface area contributed by atoms with E-state index < -0.39 is 6.10 Å². The van der Waals surface area contributed by atoms with Gasteiger partial charge in [-0.1, -0.05) is 19.0 Å². The van der Waals surface area contributed by atoms with Gasteiger partial charge in [0, 0.05) is 57.1 Å². The third kappa shape index (κ3) is 3.80. The fourth-order valence-electron chi connectivity index (χ4n) is 3.65. The van der Waals surface area contributed by atoms with Gasteiger partial charge in [0.2, 0.25) is 6.10 Å². The van der Waals surface area contributed by atoms with Gasteiger partial charge in [-0.2, -0.15) is 5.10 Å². The van der Waals surface area contributed by atoms with Crippen molar-refractivity contribution >= 4 is 17.3 Å². The monoisotopic (exact) mass is 370 g/mol. The molecule has 2 aromatic rings. The lowest BCUT2D eigenvalue weighted by Crippen LogP contribution is -2.41. The normalized spacial score (nSPS) is 21.4. The Morgan fingerprint density at radius 1 is 1.30 bits per heavy atom. The number of oxime groups is 1. The number of hydrogen-bond acceptors (Lipinski definition) is 6. The second-order valence-electron chi connectivity index (χ2n) is 7.55. The van der Waals surface area contributed by atoms with Crippen LogP contribution in [0.15, 0.2) is 29.8 Å². The van der Waals surface area contributed by atoms with Crippen LogP contribution in [0.3, 0.4) is 0 Å². The molecule has 8 heteroatoms. The highest BCUT2D eigenvalue weighted by molar-refractivity contribution is 5.93. The van der Waals surface area contributed by atoms with E-state index in [1.165, 1.54) is 0 Å². The summed E-state index contributed by atoms with van der Waals surface area (Å²) in [6.07, 6.45) is 6.70. The summed E-state index contributed by atoms with van der Waals surface area (Å²) in [6, 6.07) is 1.87. The van der Waals surface area contributed by atoms with Gasteiger partial charge in [-0.05, 0) is 18.4 Å². The number of fused-ring (bicyclic) bond motifs is 1. The Hall–Kier alpha value is -2.48. The van der Waals surface area contributed by atoms with Crippen LogP contribution in [-0.4, -0.2) is 68.3 Å². The fourth-order valence-corrected chi connectivity index (χ4v) is 3.65. The summed E-state index contributed by atoms with van der Waals surface area (Å²) >= 11 is 0. The van der Waals surface area contributed by atoms with Gasteiger partial charge >= 0.3 is 0 Å². The van der Waals surface area contributed by atoms with Crippen LogP contribution >= 0.6 is 0 Å². The first-order chi connectivity index (χ1) is 13.1. The molecule has 0 N–H and O–H groups in total. The Morgan fingerprint density at radius 2 is 2.19 bits per heavy atom. The van der Waals surface area contributed by atoms with Crippen molar-refractivity contribution in [2.24, 2.45) is 11.1 Å². The molecule has 4 heterocycles. The zero-order valence-electron chi connectivity index (χ0n) is 15.9. The van der Waals surface area contributed by atoms with Crippen LogP contribution in [0.1, 0.15) is 32.3 Å². The molecule has 1 fully saturated rings. The van der Waals surface area contributed by atoms with Crippen molar-refractivity contribution in [2.75, 3.05) is 26.2 Å². The van der Waals surface area contributed by atoms with Gasteiger partial charge < -0.3 is 9.74 Å². The quantitative estimate of drug-likeness (QED) is 0.817. The first-order valence-corrected chi connectivity index (χ1v) is 9.63. The molecule has 144 valence electrons. The molecular formula is C19H26N6O2. The van der Waals surface area contributed by atoms with Crippen LogP contribution < -0.4 is 0 Å². The van der Waals surface area contributed by atoms with Gasteiger partial charge in [-0.15, -0.1) is 0 Å². The maximum Gasteiger partial charge on any atom is 0.266 e. The van der Waals surface area contributed by atoms with E-state index in [9.17, 15) is 4.79 Å². The standard InChI is InChI=1S/C19H26N6O2/c1-14(2)16-11-17(27-22-16)19(26)24-7-4-6-23(9-10-24)13-15-12-21-25-8-3-5-20-18(15)25/h3,5,8,12,14,17H,4,6-7,9-11,13H2,1-2H3. The smallest absolute Gasteiger partial charge is 0.266 e. The average molecular weight is 370 g/mol. The first kappa shape index (κ1) is 17.9. The van der Waals surface area contributed by atoms with Crippen molar-refractivity contribution in [2.45, 2.75) is 39.3 Å². The molecule has 1 saturated heterocycles. The van der Waals surface area contributed by atoms with E-state index in [2.05, 4.69) is 34.0 Å². The first-order valence-electron chi connectivity index (χ1n) is 9.63. The number of carbonyl (C=O) groups excluding carboxylic acids is 1. The van der Waals surface area contributed by atoms with Crippen LogP contribution in [0, 0.1) is 5.92 Å². The summed E-state index contributed by atoms with van der Waals surface area (Å²) in [5, 5.41) is 8.45. The molecule has 1 amide bonds. The lowest BCUT2D eigenvalue weighted by Gasteiger charge is -2.23. The minimum Gasteiger partial charge on any atom is -0.382 e. The molecule has 0 bridgehead atoms. The lowest BCUT2D eigenvalue weighted by atomic mass is 10.0. The summed E-state index contributed by atoms with van der Waals surface area (Å²) in [4.78, 5) is 26.9. The summed E-state index contributed by atoms with van der Waals surface area (Å²) in [7, 11) is 0. The molecular weight excluding hydrogens is 344 g/mol. The third-order valence-corrected chi connectivity index (χ3v) is 5.28. The number of carbonyl (C=O) groups is 1. The second kappa shape index (κ2) is 7.64. The summed E-state index contributed by atoms with van der Waals surface area (Å²) in [5.41, 5.74) is 2.99. The van der Waals surface area contributed by atoms with Crippen molar-refractivity contribution in [3.8, 4) is 0 Å². The zero-order valence-corrected chi connectivity index (χ0v) is 15.9. The molecule has 2 aliphatic rings. The zero-order chi connectivity index (χ0) is 18.8. The number of amides is 1. The van der Waals surface area contributed by atoms with Gasteiger partial charge in [-0.3, -0.25) is 9.69 Å². The van der Waals surface area contributed by atoms with E-state index in [1.54, 1.807) is 10.7 Å². The predicted molar refractivity (Wildman–Crippen MR) is 101 cm³/mol. The van der Waals surface area contributed by atoms with Gasteiger partial charge in [0.15, 0.2) is 5.65 Å². The Morgan fingerprint density at radius 3 is 3.00 bits per heavy atom. The van der Waals surface area contributed by atoms with Gasteiger partial charge in [0.1, 0.15) is 0 Å². The van der Waals surface area contributed by atoms with E-state index >= 15 is 0 Å². The Labute approximate surface area is 158 Å². The molecule has 1 atom stereocenters. The van der Waals surface area contributed by atoms with Gasteiger partial charge in [0.05, 0.1) is 11.9 Å². The van der Waals surface area contributed by atoms with Crippen molar-refractivity contribution in [1.82, 2.24) is 24.4 Å². The maximum absolute atomic E-state index is 12.8. The third-order valence-electron chi connectivity index (χ3n) is 5.28. The molecule has 0 radical (unpaired) electrons. The second-order valence-corrected chi connectivity index (χ2v) is 7.55. The molecule has 27 heavy (non-hydrogen) atoms. The fraction of sp³-hybridized carbons (Fsp3) is 0.579. The molecule has 4 rings (SSSR count). The Bertz CT molecular complexity index is 846. The summed E-state index contributed by atoms with van der Waals surface area (Å²) in [5.74, 6) is 0.385. The van der Waals surface area contributed by atoms with E-state index in [0.717, 1.165) is 49.5 Å². The van der Waals surface area contributed by atoms with Gasteiger partial charge in [-0.25, -0.2) is 9.50 Å². The molecule has 0 spiro atoms. The number of aromatic nitrogens is 3. The largest absolute Gasteiger partial charge is 0.382 e. The average Bonchev–Trinajstić information content (AvgIpc) is 3.25. The van der Waals surface area contributed by atoms with Crippen molar-refractivity contribution in [3.63, 3.8) is 0 Å². The van der Waals surface area contributed by atoms with Crippen LogP contribution in [0.5, 0.6) is 0 Å². The van der Waals surface area contributed by atoms with E-state index in [4.69, 9.17) is 4.84 Å². The van der Waals surface area contributed by atoms with Gasteiger partial charge in [0.25, 0.3) is 5.91 Å². The molecule has 2 aliphatic heterocycles. The van der Waals surface area contributed by atoms with Crippen molar-refractivity contribution in [1.29, 1.82) is 0 Å². The summed E-state index contributed by atoms with van der Waals surface area (Å²) in [6.45, 7) is 8.21. The molecule has 8 nitrogen and oxygen atoms in total.